The van der Waals surface area contributed by atoms with Crippen LogP contribution in [0.2, 0.25) is 0 Å². The van der Waals surface area contributed by atoms with Crippen LogP contribution in [0.25, 0.3) is 32.7 Å². The van der Waals surface area contributed by atoms with Gasteiger partial charge in [-0.1, -0.05) is 61.5 Å². The van der Waals surface area contributed by atoms with E-state index in [9.17, 15) is 0 Å². The van der Waals surface area contributed by atoms with E-state index >= 15 is 0 Å². The molecule has 4 bridgehead atoms. The van der Waals surface area contributed by atoms with E-state index in [0.717, 1.165) is 13.0 Å². The minimum atomic E-state index is 0.0209. The Hall–Kier alpha value is -2.75. The predicted octanol–water partition coefficient (Wildman–Crippen LogP) is 6.37. The lowest BCUT2D eigenvalue weighted by atomic mass is 9.66. The molecule has 5 atom stereocenters. The first-order valence-electron chi connectivity index (χ1n) is 12.0. The summed E-state index contributed by atoms with van der Waals surface area (Å²) in [6, 6.07) is 22.6. The molecule has 5 saturated heterocycles. The standard InChI is InChI=1S/C29H28N2O/c1-2-29-18-31-13-12-22(29)15-27(31)28(32-29)26-17-30-16-21-11-10-20(14-25(21)26)24-9-5-7-19-6-3-4-8-23(19)24/h3-11,14,16-17,22,27-28H,2,12-13,15,18H2,1H3/t22?,27?,28?,29-/m0/s1. The highest BCUT2D eigenvalue weighted by Crippen LogP contribution is 2.54. The molecule has 4 unspecified atom stereocenters. The zero-order chi connectivity index (χ0) is 21.3. The average Bonchev–Trinajstić information content (AvgIpc) is 2.87. The first kappa shape index (κ1) is 18.8. The van der Waals surface area contributed by atoms with E-state index in [0.29, 0.717) is 12.0 Å². The Balaban J connectivity index is 1.38. The molecule has 0 aliphatic carbocycles. The van der Waals surface area contributed by atoms with E-state index in [-0.39, 0.29) is 11.7 Å². The molecule has 0 spiro atoms. The summed E-state index contributed by atoms with van der Waals surface area (Å²) in [4.78, 5) is 7.34. The van der Waals surface area contributed by atoms with E-state index < -0.39 is 0 Å². The third kappa shape index (κ3) is 2.58. The molecule has 0 radical (unpaired) electrons. The number of piperidine rings is 3. The third-order valence-electron chi connectivity index (χ3n) is 8.48. The molecule has 5 fully saturated rings. The number of rotatable bonds is 3. The summed E-state index contributed by atoms with van der Waals surface area (Å²) in [6.45, 7) is 4.63. The van der Waals surface area contributed by atoms with Crippen molar-refractivity contribution < 1.29 is 4.74 Å². The molecule has 0 saturated carbocycles. The lowest BCUT2D eigenvalue weighted by Gasteiger charge is -2.64. The molecule has 9 rings (SSSR count). The first-order chi connectivity index (χ1) is 15.8. The van der Waals surface area contributed by atoms with E-state index in [1.54, 1.807) is 0 Å². The van der Waals surface area contributed by atoms with Gasteiger partial charge in [0.15, 0.2) is 0 Å². The topological polar surface area (TPSA) is 25.4 Å². The molecule has 6 heterocycles. The first-order valence-corrected chi connectivity index (χ1v) is 12.0. The monoisotopic (exact) mass is 420 g/mol. The van der Waals surface area contributed by atoms with Crippen LogP contribution in [0.3, 0.4) is 0 Å². The number of benzene rings is 3. The highest BCUT2D eigenvalue weighted by molar-refractivity contribution is 5.99. The fraction of sp³-hybridized carbons (Fsp3) is 0.345. The molecular weight excluding hydrogens is 392 g/mol. The number of ether oxygens (including phenoxy) is 1. The molecule has 4 aromatic rings. The van der Waals surface area contributed by atoms with Gasteiger partial charge in [0.05, 0.1) is 5.60 Å². The number of fused-ring (bicyclic) bond motifs is 4. The summed E-state index contributed by atoms with van der Waals surface area (Å²) < 4.78 is 6.98. The second kappa shape index (κ2) is 6.87. The normalized spacial score (nSPS) is 30.9. The average molecular weight is 421 g/mol. The van der Waals surface area contributed by atoms with Crippen molar-refractivity contribution in [3.05, 3.63) is 78.6 Å². The van der Waals surface area contributed by atoms with Crippen LogP contribution in [0.5, 0.6) is 0 Å². The van der Waals surface area contributed by atoms with Crippen LogP contribution < -0.4 is 0 Å². The Morgan fingerprint density at radius 1 is 1.00 bits per heavy atom. The molecule has 32 heavy (non-hydrogen) atoms. The zero-order valence-electron chi connectivity index (χ0n) is 18.5. The highest BCUT2D eigenvalue weighted by atomic mass is 16.5. The highest BCUT2D eigenvalue weighted by Gasteiger charge is 2.58. The molecule has 3 aromatic carbocycles. The van der Waals surface area contributed by atoms with Crippen LogP contribution in [-0.2, 0) is 4.74 Å². The van der Waals surface area contributed by atoms with Gasteiger partial charge in [-0.25, -0.2) is 0 Å². The molecule has 3 nitrogen and oxygen atoms in total. The van der Waals surface area contributed by atoms with Gasteiger partial charge in [0, 0.05) is 35.9 Å². The van der Waals surface area contributed by atoms with E-state index in [1.807, 2.05) is 6.20 Å². The number of pyridine rings is 1. The van der Waals surface area contributed by atoms with Crippen LogP contribution in [0.15, 0.2) is 73.1 Å². The van der Waals surface area contributed by atoms with Gasteiger partial charge in [0.2, 0.25) is 0 Å². The maximum atomic E-state index is 6.98. The minimum Gasteiger partial charge on any atom is -0.364 e. The van der Waals surface area contributed by atoms with Gasteiger partial charge in [0.25, 0.3) is 0 Å². The minimum absolute atomic E-state index is 0.0209. The molecule has 3 heteroatoms. The summed E-state index contributed by atoms with van der Waals surface area (Å²) in [5.74, 6) is 0.716. The Morgan fingerprint density at radius 2 is 1.91 bits per heavy atom. The predicted molar refractivity (Wildman–Crippen MR) is 130 cm³/mol. The lowest BCUT2D eigenvalue weighted by Crippen LogP contribution is -2.70. The molecule has 5 aliphatic rings. The Labute approximate surface area is 189 Å². The Morgan fingerprint density at radius 3 is 2.78 bits per heavy atom. The largest absolute Gasteiger partial charge is 0.364 e. The SMILES string of the molecule is CC[C@]12CN3CCC1CC3C(c1cncc3ccc(-c4cccc5ccccc45)cc13)O2. The van der Waals surface area contributed by atoms with Gasteiger partial charge in [-0.05, 0) is 65.1 Å². The summed E-state index contributed by atoms with van der Waals surface area (Å²) in [5.41, 5.74) is 3.83. The van der Waals surface area contributed by atoms with Crippen LogP contribution in [0.4, 0.5) is 0 Å². The summed E-state index contributed by atoms with van der Waals surface area (Å²) in [5, 5.41) is 5.06. The van der Waals surface area contributed by atoms with Crippen LogP contribution in [-0.4, -0.2) is 34.6 Å². The van der Waals surface area contributed by atoms with E-state index in [4.69, 9.17) is 4.74 Å². The van der Waals surface area contributed by atoms with Crippen LogP contribution >= 0.6 is 0 Å². The van der Waals surface area contributed by atoms with Crippen molar-refractivity contribution in [1.29, 1.82) is 0 Å². The van der Waals surface area contributed by atoms with Crippen molar-refractivity contribution in [2.45, 2.75) is 43.9 Å². The van der Waals surface area contributed by atoms with Gasteiger partial charge in [-0.3, -0.25) is 9.88 Å². The van der Waals surface area contributed by atoms with Crippen LogP contribution in [0, 0.1) is 5.92 Å². The third-order valence-corrected chi connectivity index (χ3v) is 8.48. The van der Waals surface area contributed by atoms with Crippen molar-refractivity contribution in [2.75, 3.05) is 13.1 Å². The zero-order valence-corrected chi connectivity index (χ0v) is 18.5. The molecule has 0 N–H and O–H groups in total. The quantitative estimate of drug-likeness (QED) is 0.385. The van der Waals surface area contributed by atoms with Crippen molar-refractivity contribution in [3.8, 4) is 11.1 Å². The fourth-order valence-corrected chi connectivity index (χ4v) is 6.79. The maximum Gasteiger partial charge on any atom is 0.101 e. The maximum absolute atomic E-state index is 6.98. The second-order valence-corrected chi connectivity index (χ2v) is 9.91. The number of hydrogen-bond donors (Lipinski definition) is 0. The molecule has 1 aromatic heterocycles. The smallest absolute Gasteiger partial charge is 0.101 e. The molecule has 5 aliphatic heterocycles. The van der Waals surface area contributed by atoms with Crippen molar-refractivity contribution in [1.82, 2.24) is 9.88 Å². The number of hydrogen-bond acceptors (Lipinski definition) is 3. The molecule has 0 amide bonds. The Bertz CT molecular complexity index is 1340. The Kier molecular flexibility index (Phi) is 4.03. The van der Waals surface area contributed by atoms with Gasteiger partial charge in [-0.2, -0.15) is 0 Å². The van der Waals surface area contributed by atoms with Crippen molar-refractivity contribution in [2.24, 2.45) is 5.92 Å². The summed E-state index contributed by atoms with van der Waals surface area (Å²) in [7, 11) is 0. The summed E-state index contributed by atoms with van der Waals surface area (Å²) >= 11 is 0. The fourth-order valence-electron chi connectivity index (χ4n) is 6.79. The summed E-state index contributed by atoms with van der Waals surface area (Å²) in [6.07, 6.45) is 7.82. The van der Waals surface area contributed by atoms with Crippen LogP contribution in [0.1, 0.15) is 37.9 Å². The molecule has 160 valence electrons. The number of aromatic nitrogens is 1. The number of morpholine rings is 1. The lowest BCUT2D eigenvalue weighted by molar-refractivity contribution is -0.274. The number of nitrogens with zero attached hydrogens (tertiary/aromatic N) is 2. The van der Waals surface area contributed by atoms with Crippen molar-refractivity contribution >= 4 is 21.5 Å². The van der Waals surface area contributed by atoms with E-state index in [1.165, 1.54) is 57.6 Å². The van der Waals surface area contributed by atoms with E-state index in [2.05, 4.69) is 83.7 Å². The molecular formula is C29H28N2O. The van der Waals surface area contributed by atoms with Gasteiger partial charge in [0.1, 0.15) is 6.10 Å². The van der Waals surface area contributed by atoms with Gasteiger partial charge in [-0.15, -0.1) is 0 Å². The van der Waals surface area contributed by atoms with Gasteiger partial charge < -0.3 is 4.74 Å². The van der Waals surface area contributed by atoms with Crippen molar-refractivity contribution in [3.63, 3.8) is 0 Å². The van der Waals surface area contributed by atoms with Gasteiger partial charge >= 0.3 is 0 Å². The second-order valence-electron chi connectivity index (χ2n) is 9.91.